The number of ether oxygens (including phenoxy) is 2. The molecule has 184 valence electrons. The lowest BCUT2D eigenvalue weighted by Gasteiger charge is -2.17. The van der Waals surface area contributed by atoms with E-state index >= 15 is 0 Å². The quantitative estimate of drug-likeness (QED) is 0.294. The number of benzene rings is 2. The second-order valence-corrected chi connectivity index (χ2v) is 8.58. The van der Waals surface area contributed by atoms with Crippen LogP contribution < -0.4 is 14.8 Å². The fraction of sp³-hybridized carbons (Fsp3) is 0.259. The van der Waals surface area contributed by atoms with Gasteiger partial charge in [-0.15, -0.1) is 5.10 Å². The smallest absolute Gasteiger partial charge is 0.226 e. The van der Waals surface area contributed by atoms with Crippen LogP contribution >= 0.6 is 0 Å². The molecule has 2 aromatic carbocycles. The van der Waals surface area contributed by atoms with Crippen molar-refractivity contribution in [2.24, 2.45) is 0 Å². The minimum Gasteiger partial charge on any atom is -0.493 e. The Kier molecular flexibility index (Phi) is 6.90. The first-order valence-corrected chi connectivity index (χ1v) is 11.9. The molecule has 1 N–H and O–H groups in total. The Bertz CT molecular complexity index is 1460. The molecule has 0 saturated carbocycles. The largest absolute Gasteiger partial charge is 0.493 e. The average molecular weight is 484 g/mol. The van der Waals surface area contributed by atoms with Gasteiger partial charge in [-0.25, -0.2) is 9.97 Å². The van der Waals surface area contributed by atoms with E-state index in [0.717, 1.165) is 42.5 Å². The van der Waals surface area contributed by atoms with Gasteiger partial charge in [0.1, 0.15) is 0 Å². The van der Waals surface area contributed by atoms with E-state index in [1.807, 2.05) is 30.3 Å². The summed E-state index contributed by atoms with van der Waals surface area (Å²) in [4.78, 5) is 16.2. The van der Waals surface area contributed by atoms with Crippen LogP contribution in [0.2, 0.25) is 0 Å². The highest BCUT2D eigenvalue weighted by atomic mass is 16.5. The second kappa shape index (κ2) is 10.6. The van der Waals surface area contributed by atoms with Crippen molar-refractivity contribution in [3.05, 3.63) is 72.6 Å². The minimum atomic E-state index is 0.581. The van der Waals surface area contributed by atoms with Crippen LogP contribution in [0.25, 0.3) is 27.9 Å². The number of hydrogen-bond donors (Lipinski definition) is 1. The highest BCUT2D eigenvalue weighted by Gasteiger charge is 2.17. The molecule has 9 heteroatoms. The first-order chi connectivity index (χ1) is 17.7. The maximum absolute atomic E-state index is 5.52. The van der Waals surface area contributed by atoms with Crippen molar-refractivity contribution < 1.29 is 9.47 Å². The first-order valence-electron chi connectivity index (χ1n) is 11.9. The Hall–Kier alpha value is -4.24. The summed E-state index contributed by atoms with van der Waals surface area (Å²) in [6.45, 7) is 2.60. The number of nitrogens with one attached hydrogen (secondary N) is 1. The van der Waals surface area contributed by atoms with Crippen LogP contribution in [0.4, 0.5) is 5.95 Å². The summed E-state index contributed by atoms with van der Waals surface area (Å²) >= 11 is 0. The molecule has 0 saturated heterocycles. The van der Waals surface area contributed by atoms with E-state index in [2.05, 4.69) is 46.5 Å². The Morgan fingerprint density at radius 1 is 0.972 bits per heavy atom. The molecule has 3 aromatic heterocycles. The van der Waals surface area contributed by atoms with Gasteiger partial charge in [-0.2, -0.15) is 4.52 Å². The number of methoxy groups -OCH3 is 2. The number of pyridine rings is 1. The third-order valence-corrected chi connectivity index (χ3v) is 5.99. The van der Waals surface area contributed by atoms with Gasteiger partial charge in [0.15, 0.2) is 23.0 Å². The number of nitrogens with zero attached hydrogens (tertiary/aromatic N) is 6. The summed E-state index contributed by atoms with van der Waals surface area (Å²) in [5.41, 5.74) is 3.57. The lowest BCUT2D eigenvalue weighted by atomic mass is 10.2. The zero-order valence-electron chi connectivity index (χ0n) is 20.7. The molecule has 0 fully saturated rings. The van der Waals surface area contributed by atoms with Gasteiger partial charge >= 0.3 is 0 Å². The molecule has 0 bridgehead atoms. The second-order valence-electron chi connectivity index (χ2n) is 8.58. The molecule has 0 aliphatic rings. The maximum Gasteiger partial charge on any atom is 0.226 e. The molecule has 0 aliphatic carbocycles. The normalized spacial score (nSPS) is 11.3. The Labute approximate surface area is 209 Å². The fourth-order valence-electron chi connectivity index (χ4n) is 4.19. The monoisotopic (exact) mass is 483 g/mol. The summed E-state index contributed by atoms with van der Waals surface area (Å²) in [6, 6.07) is 18.1. The predicted molar refractivity (Wildman–Crippen MR) is 141 cm³/mol. The molecule has 0 spiro atoms. The predicted octanol–water partition coefficient (Wildman–Crippen LogP) is 4.29. The SMILES string of the molecule is COc1cc2nc(NCCCN(C)Cc3ccccc3)n3nc(-c4cccnc4)nc3c2cc1OC. The van der Waals surface area contributed by atoms with Crippen LogP contribution in [-0.2, 0) is 6.54 Å². The summed E-state index contributed by atoms with van der Waals surface area (Å²) in [7, 11) is 5.37. The number of aromatic nitrogens is 5. The molecule has 3 heterocycles. The third-order valence-electron chi connectivity index (χ3n) is 5.99. The van der Waals surface area contributed by atoms with Crippen LogP contribution in [0.3, 0.4) is 0 Å². The van der Waals surface area contributed by atoms with E-state index in [1.165, 1.54) is 5.56 Å². The van der Waals surface area contributed by atoms with Crippen molar-refractivity contribution in [1.82, 2.24) is 29.5 Å². The van der Waals surface area contributed by atoms with Gasteiger partial charge in [-0.3, -0.25) is 4.98 Å². The number of fused-ring (bicyclic) bond motifs is 3. The van der Waals surface area contributed by atoms with Gasteiger partial charge in [0.25, 0.3) is 0 Å². The fourth-order valence-corrected chi connectivity index (χ4v) is 4.19. The number of anilines is 1. The average Bonchev–Trinajstić information content (AvgIpc) is 3.37. The van der Waals surface area contributed by atoms with Crippen LogP contribution in [-0.4, -0.2) is 63.8 Å². The molecule has 0 unspecified atom stereocenters. The van der Waals surface area contributed by atoms with Crippen molar-refractivity contribution in [3.8, 4) is 22.9 Å². The lowest BCUT2D eigenvalue weighted by Crippen LogP contribution is -2.21. The van der Waals surface area contributed by atoms with E-state index in [-0.39, 0.29) is 0 Å². The summed E-state index contributed by atoms with van der Waals surface area (Å²) in [5, 5.41) is 9.05. The lowest BCUT2D eigenvalue weighted by molar-refractivity contribution is 0.325. The Balaban J connectivity index is 1.42. The third kappa shape index (κ3) is 4.92. The highest BCUT2D eigenvalue weighted by molar-refractivity contribution is 5.95. The van der Waals surface area contributed by atoms with E-state index in [0.29, 0.717) is 28.9 Å². The Morgan fingerprint density at radius 2 is 1.78 bits per heavy atom. The Morgan fingerprint density at radius 3 is 2.53 bits per heavy atom. The van der Waals surface area contributed by atoms with Gasteiger partial charge in [-0.05, 0) is 43.8 Å². The van der Waals surface area contributed by atoms with Crippen LogP contribution in [0.1, 0.15) is 12.0 Å². The zero-order chi connectivity index (χ0) is 24.9. The molecular formula is C27H29N7O2. The first kappa shape index (κ1) is 23.5. The number of rotatable bonds is 10. The van der Waals surface area contributed by atoms with Crippen molar-refractivity contribution in [1.29, 1.82) is 0 Å². The molecule has 36 heavy (non-hydrogen) atoms. The standard InChI is InChI=1S/C27H29N7O2/c1-33(18-19-9-5-4-6-10-19)14-8-13-29-27-30-22-16-24(36-3)23(35-2)15-21(22)26-31-25(32-34(26)27)20-11-7-12-28-17-20/h4-7,9-12,15-17H,8,13-14,18H2,1-3H3,(H,29,30). The zero-order valence-corrected chi connectivity index (χ0v) is 20.7. The van der Waals surface area contributed by atoms with E-state index in [4.69, 9.17) is 24.5 Å². The molecule has 0 aliphatic heterocycles. The molecule has 5 rings (SSSR count). The molecule has 0 radical (unpaired) electrons. The highest BCUT2D eigenvalue weighted by Crippen LogP contribution is 2.34. The van der Waals surface area contributed by atoms with Gasteiger partial charge in [0.05, 0.1) is 19.7 Å². The van der Waals surface area contributed by atoms with Crippen LogP contribution in [0.15, 0.2) is 67.0 Å². The van der Waals surface area contributed by atoms with Gasteiger partial charge in [-0.1, -0.05) is 30.3 Å². The maximum atomic E-state index is 5.52. The molecule has 0 atom stereocenters. The summed E-state index contributed by atoms with van der Waals surface area (Å²) in [5.74, 6) is 2.43. The van der Waals surface area contributed by atoms with Gasteiger partial charge < -0.3 is 19.7 Å². The van der Waals surface area contributed by atoms with E-state index in [9.17, 15) is 0 Å². The van der Waals surface area contributed by atoms with E-state index in [1.54, 1.807) is 31.1 Å². The van der Waals surface area contributed by atoms with Crippen LogP contribution in [0.5, 0.6) is 11.5 Å². The van der Waals surface area contributed by atoms with Crippen LogP contribution in [0, 0.1) is 0 Å². The molecular weight excluding hydrogens is 454 g/mol. The van der Waals surface area contributed by atoms with Crippen molar-refractivity contribution in [3.63, 3.8) is 0 Å². The van der Waals surface area contributed by atoms with Gasteiger partial charge in [0.2, 0.25) is 5.95 Å². The summed E-state index contributed by atoms with van der Waals surface area (Å²) < 4.78 is 12.8. The van der Waals surface area contributed by atoms with Crippen molar-refractivity contribution >= 4 is 22.5 Å². The minimum absolute atomic E-state index is 0.581. The molecule has 5 aromatic rings. The topological polar surface area (TPSA) is 89.7 Å². The van der Waals surface area contributed by atoms with Gasteiger partial charge in [0, 0.05) is 42.5 Å². The number of hydrogen-bond acceptors (Lipinski definition) is 8. The summed E-state index contributed by atoms with van der Waals surface area (Å²) in [6.07, 6.45) is 4.43. The van der Waals surface area contributed by atoms with Crippen molar-refractivity contribution in [2.45, 2.75) is 13.0 Å². The van der Waals surface area contributed by atoms with Crippen molar-refractivity contribution in [2.75, 3.05) is 39.7 Å². The molecule has 0 amide bonds. The molecule has 9 nitrogen and oxygen atoms in total. The van der Waals surface area contributed by atoms with E-state index < -0.39 is 0 Å².